The molecule has 1 aromatic carbocycles. The number of benzene rings is 1. The van der Waals surface area contributed by atoms with Crippen molar-refractivity contribution in [1.82, 2.24) is 10.2 Å². The number of hydrogen-bond acceptors (Lipinski definition) is 3. The maximum Gasteiger partial charge on any atom is 0.119 e. The lowest BCUT2D eigenvalue weighted by Gasteiger charge is -2.32. The summed E-state index contributed by atoms with van der Waals surface area (Å²) in [7, 11) is 0. The van der Waals surface area contributed by atoms with E-state index < -0.39 is 0 Å². The summed E-state index contributed by atoms with van der Waals surface area (Å²) in [6.45, 7) is 2.05. The number of rotatable bonds is 3. The Labute approximate surface area is 107 Å². The Morgan fingerprint density at radius 3 is 2.61 bits per heavy atom. The first-order valence-corrected chi connectivity index (χ1v) is 6.37. The molecular formula is C14H17N3O. The second-order valence-electron chi connectivity index (χ2n) is 4.57. The fourth-order valence-electron chi connectivity index (χ4n) is 2.34. The predicted octanol–water partition coefficient (Wildman–Crippen LogP) is 2.46. The maximum absolute atomic E-state index is 5.97. The van der Waals surface area contributed by atoms with Crippen LogP contribution in [0.4, 0.5) is 5.69 Å². The lowest BCUT2D eigenvalue weighted by Crippen LogP contribution is -2.38. The number of aromatic nitrogens is 2. The van der Waals surface area contributed by atoms with E-state index in [1.807, 2.05) is 42.7 Å². The molecule has 18 heavy (non-hydrogen) atoms. The summed E-state index contributed by atoms with van der Waals surface area (Å²) in [4.78, 5) is 2.34. The summed E-state index contributed by atoms with van der Waals surface area (Å²) in [6.07, 6.45) is 6.26. The van der Waals surface area contributed by atoms with Gasteiger partial charge in [0.1, 0.15) is 11.9 Å². The number of H-pyrrole nitrogens is 1. The van der Waals surface area contributed by atoms with Gasteiger partial charge in [-0.05, 0) is 12.1 Å². The molecule has 0 aliphatic carbocycles. The van der Waals surface area contributed by atoms with E-state index in [0.717, 1.165) is 31.7 Å². The summed E-state index contributed by atoms with van der Waals surface area (Å²) in [5.74, 6) is 0.972. The summed E-state index contributed by atoms with van der Waals surface area (Å²) in [6, 6.07) is 10.1. The zero-order valence-electron chi connectivity index (χ0n) is 10.2. The number of nitrogens with zero attached hydrogens (tertiary/aromatic N) is 2. The van der Waals surface area contributed by atoms with Crippen LogP contribution in [0.3, 0.4) is 0 Å². The van der Waals surface area contributed by atoms with Gasteiger partial charge in [0, 0.05) is 32.1 Å². The summed E-state index contributed by atoms with van der Waals surface area (Å²) in [5, 5.41) is 6.84. The van der Waals surface area contributed by atoms with E-state index in [-0.39, 0.29) is 0 Å². The molecule has 4 nitrogen and oxygen atoms in total. The Morgan fingerprint density at radius 1 is 1.17 bits per heavy atom. The molecule has 1 aromatic heterocycles. The van der Waals surface area contributed by atoms with E-state index in [1.54, 1.807) is 0 Å². The molecule has 2 aromatic rings. The number of piperidine rings is 1. The fourth-order valence-corrected chi connectivity index (χ4v) is 2.34. The number of nitrogens with one attached hydrogen (secondary N) is 1. The third-order valence-electron chi connectivity index (χ3n) is 3.34. The molecule has 0 spiro atoms. The fraction of sp³-hybridized carbons (Fsp3) is 0.357. The summed E-state index contributed by atoms with van der Waals surface area (Å²) >= 11 is 0. The molecule has 2 heterocycles. The average Bonchev–Trinajstić information content (AvgIpc) is 2.95. The average molecular weight is 243 g/mol. The SMILES string of the molecule is c1ccc(OC2CCN(c3cn[nH]c3)CC2)cc1. The van der Waals surface area contributed by atoms with Gasteiger partial charge in [-0.1, -0.05) is 18.2 Å². The number of hydrogen-bond donors (Lipinski definition) is 1. The second-order valence-corrected chi connectivity index (χ2v) is 4.57. The van der Waals surface area contributed by atoms with E-state index in [4.69, 9.17) is 4.74 Å². The van der Waals surface area contributed by atoms with Gasteiger partial charge < -0.3 is 9.64 Å². The molecule has 0 atom stereocenters. The Bertz CT molecular complexity index is 461. The highest BCUT2D eigenvalue weighted by molar-refractivity contribution is 5.42. The molecule has 94 valence electrons. The summed E-state index contributed by atoms with van der Waals surface area (Å²) in [5.41, 5.74) is 1.17. The van der Waals surface area contributed by atoms with Gasteiger partial charge in [-0.25, -0.2) is 0 Å². The molecule has 0 unspecified atom stereocenters. The monoisotopic (exact) mass is 243 g/mol. The van der Waals surface area contributed by atoms with Crippen LogP contribution in [0.25, 0.3) is 0 Å². The first-order chi connectivity index (χ1) is 8.92. The Kier molecular flexibility index (Phi) is 3.17. The van der Waals surface area contributed by atoms with Gasteiger partial charge in [-0.15, -0.1) is 0 Å². The van der Waals surface area contributed by atoms with Gasteiger partial charge in [-0.2, -0.15) is 5.10 Å². The van der Waals surface area contributed by atoms with Crippen molar-refractivity contribution in [1.29, 1.82) is 0 Å². The molecule has 1 aliphatic heterocycles. The number of aromatic amines is 1. The molecule has 0 amide bonds. The number of anilines is 1. The largest absolute Gasteiger partial charge is 0.490 e. The van der Waals surface area contributed by atoms with Crippen molar-refractivity contribution in [3.8, 4) is 5.75 Å². The smallest absolute Gasteiger partial charge is 0.119 e. The molecule has 0 radical (unpaired) electrons. The third-order valence-corrected chi connectivity index (χ3v) is 3.34. The van der Waals surface area contributed by atoms with Gasteiger partial charge in [0.25, 0.3) is 0 Å². The lowest BCUT2D eigenvalue weighted by atomic mass is 10.1. The van der Waals surface area contributed by atoms with Crippen molar-refractivity contribution in [3.63, 3.8) is 0 Å². The van der Waals surface area contributed by atoms with Gasteiger partial charge in [0.05, 0.1) is 11.9 Å². The molecule has 1 N–H and O–H groups in total. The normalized spacial score (nSPS) is 16.8. The van der Waals surface area contributed by atoms with Crippen molar-refractivity contribution in [2.75, 3.05) is 18.0 Å². The molecule has 3 rings (SSSR count). The van der Waals surface area contributed by atoms with Crippen LogP contribution in [0.5, 0.6) is 5.75 Å². The van der Waals surface area contributed by atoms with E-state index in [2.05, 4.69) is 15.1 Å². The van der Waals surface area contributed by atoms with Gasteiger partial charge in [0.2, 0.25) is 0 Å². The van der Waals surface area contributed by atoms with Crippen molar-refractivity contribution >= 4 is 5.69 Å². The van der Waals surface area contributed by atoms with Crippen LogP contribution in [-0.4, -0.2) is 29.4 Å². The minimum Gasteiger partial charge on any atom is -0.490 e. The van der Waals surface area contributed by atoms with Crippen molar-refractivity contribution < 1.29 is 4.74 Å². The highest BCUT2D eigenvalue weighted by Gasteiger charge is 2.21. The quantitative estimate of drug-likeness (QED) is 0.900. The van der Waals surface area contributed by atoms with Crippen LogP contribution in [0.2, 0.25) is 0 Å². The van der Waals surface area contributed by atoms with Crippen molar-refractivity contribution in [2.24, 2.45) is 0 Å². The minimum absolute atomic E-state index is 0.329. The standard InChI is InChI=1S/C14H17N3O/c1-2-4-13(5-3-1)18-14-6-8-17(9-7-14)12-10-15-16-11-12/h1-5,10-11,14H,6-9H2,(H,15,16). The van der Waals surface area contributed by atoms with Crippen molar-refractivity contribution in [2.45, 2.75) is 18.9 Å². The van der Waals surface area contributed by atoms with Gasteiger partial charge in [-0.3, -0.25) is 5.10 Å². The number of para-hydroxylation sites is 1. The van der Waals surface area contributed by atoms with E-state index in [9.17, 15) is 0 Å². The van der Waals surface area contributed by atoms with Crippen LogP contribution in [0.1, 0.15) is 12.8 Å². The Hall–Kier alpha value is -1.97. The van der Waals surface area contributed by atoms with Crippen LogP contribution < -0.4 is 9.64 Å². The van der Waals surface area contributed by atoms with Crippen LogP contribution >= 0.6 is 0 Å². The first kappa shape index (κ1) is 11.1. The predicted molar refractivity (Wildman–Crippen MR) is 70.9 cm³/mol. The third kappa shape index (κ3) is 2.47. The highest BCUT2D eigenvalue weighted by Crippen LogP contribution is 2.22. The molecular weight excluding hydrogens is 226 g/mol. The van der Waals surface area contributed by atoms with Gasteiger partial charge >= 0.3 is 0 Å². The Morgan fingerprint density at radius 2 is 1.94 bits per heavy atom. The zero-order valence-corrected chi connectivity index (χ0v) is 10.2. The summed E-state index contributed by atoms with van der Waals surface area (Å²) < 4.78 is 5.97. The molecule has 1 aliphatic rings. The molecule has 0 saturated carbocycles. The second kappa shape index (κ2) is 5.12. The lowest BCUT2D eigenvalue weighted by molar-refractivity contribution is 0.171. The minimum atomic E-state index is 0.329. The maximum atomic E-state index is 5.97. The van der Waals surface area contributed by atoms with Crippen LogP contribution in [0.15, 0.2) is 42.7 Å². The molecule has 1 fully saturated rings. The highest BCUT2D eigenvalue weighted by atomic mass is 16.5. The van der Waals surface area contributed by atoms with E-state index >= 15 is 0 Å². The Balaban J connectivity index is 1.54. The van der Waals surface area contributed by atoms with Crippen LogP contribution in [-0.2, 0) is 0 Å². The topological polar surface area (TPSA) is 41.1 Å². The van der Waals surface area contributed by atoms with Crippen molar-refractivity contribution in [3.05, 3.63) is 42.7 Å². The van der Waals surface area contributed by atoms with Gasteiger partial charge in [0.15, 0.2) is 0 Å². The molecule has 4 heteroatoms. The number of ether oxygens (including phenoxy) is 1. The zero-order chi connectivity index (χ0) is 12.2. The first-order valence-electron chi connectivity index (χ1n) is 6.37. The van der Waals surface area contributed by atoms with Crippen LogP contribution in [0, 0.1) is 0 Å². The van der Waals surface area contributed by atoms with E-state index in [0.29, 0.717) is 6.10 Å². The molecule has 0 bridgehead atoms. The van der Waals surface area contributed by atoms with E-state index in [1.165, 1.54) is 5.69 Å². The molecule has 1 saturated heterocycles.